The Balaban J connectivity index is 1.30. The van der Waals surface area contributed by atoms with Crippen molar-refractivity contribution in [1.29, 1.82) is 0 Å². The number of fused-ring (bicyclic) bond motifs is 2. The van der Waals surface area contributed by atoms with E-state index in [0.717, 1.165) is 55.4 Å². The molecule has 0 amide bonds. The molecule has 5 aliphatic carbocycles. The summed E-state index contributed by atoms with van der Waals surface area (Å²) in [6.07, 6.45) is 28.9. The van der Waals surface area contributed by atoms with Crippen LogP contribution < -0.4 is 5.73 Å². The smallest absolute Gasteiger partial charge is 0.339 e. The van der Waals surface area contributed by atoms with Crippen molar-refractivity contribution in [2.45, 2.75) is 77.2 Å². The topological polar surface area (TPSA) is 78.6 Å². The summed E-state index contributed by atoms with van der Waals surface area (Å²) in [5, 5.41) is 0. The van der Waals surface area contributed by atoms with E-state index in [1.807, 2.05) is 6.07 Å². The molecule has 2 N–H and O–H groups in total. The van der Waals surface area contributed by atoms with Gasteiger partial charge in [-0.1, -0.05) is 87.1 Å². The summed E-state index contributed by atoms with van der Waals surface area (Å²) in [7, 11) is 0. The molecule has 2 saturated carbocycles. The molecule has 9 atom stereocenters. The summed E-state index contributed by atoms with van der Waals surface area (Å²) in [6.45, 7) is 5.01. The zero-order valence-corrected chi connectivity index (χ0v) is 26.1. The first-order chi connectivity index (χ1) is 21.4. The first-order valence-corrected chi connectivity index (χ1v) is 17.1. The highest BCUT2D eigenvalue weighted by Crippen LogP contribution is 2.84. The normalized spacial score (nSPS) is 41.9. The molecule has 1 aromatic rings. The molecule has 44 heavy (non-hydrogen) atoms. The molecule has 8 rings (SSSR count). The van der Waals surface area contributed by atoms with E-state index in [4.69, 9.17) is 15.2 Å². The lowest BCUT2D eigenvalue weighted by Gasteiger charge is -2.69. The van der Waals surface area contributed by atoms with Gasteiger partial charge in [0.05, 0.1) is 11.0 Å². The van der Waals surface area contributed by atoms with Crippen molar-refractivity contribution in [3.63, 3.8) is 0 Å². The fourth-order valence-electron chi connectivity index (χ4n) is 10.9. The average molecular weight is 592 g/mol. The van der Waals surface area contributed by atoms with Crippen LogP contribution in [0.3, 0.4) is 0 Å². The second-order valence-corrected chi connectivity index (χ2v) is 14.7. The predicted octanol–water partition coefficient (Wildman–Crippen LogP) is 7.49. The van der Waals surface area contributed by atoms with Crippen molar-refractivity contribution < 1.29 is 19.1 Å². The molecular weight excluding hydrogens is 546 g/mol. The number of hydrogen-bond donors (Lipinski definition) is 1. The maximum atomic E-state index is 14.4. The lowest BCUT2D eigenvalue weighted by Crippen LogP contribution is -2.75. The van der Waals surface area contributed by atoms with Crippen LogP contribution in [-0.2, 0) is 26.3 Å². The number of benzene rings is 1. The van der Waals surface area contributed by atoms with Gasteiger partial charge in [0.15, 0.2) is 5.60 Å². The van der Waals surface area contributed by atoms with Crippen LogP contribution in [0.1, 0.15) is 86.7 Å². The molecule has 2 spiro atoms. The van der Waals surface area contributed by atoms with Gasteiger partial charge in [0.1, 0.15) is 11.2 Å². The highest BCUT2D eigenvalue weighted by Gasteiger charge is 2.90. The van der Waals surface area contributed by atoms with Crippen molar-refractivity contribution in [3.05, 3.63) is 95.3 Å². The average Bonchev–Trinajstić information content (AvgIpc) is 3.65. The maximum absolute atomic E-state index is 14.4. The van der Waals surface area contributed by atoms with E-state index < -0.39 is 16.4 Å². The molecule has 230 valence electrons. The second-order valence-electron chi connectivity index (χ2n) is 14.7. The third kappa shape index (κ3) is 3.29. The minimum Gasteiger partial charge on any atom is -0.449 e. The summed E-state index contributed by atoms with van der Waals surface area (Å²) >= 11 is 0. The zero-order valence-electron chi connectivity index (χ0n) is 26.1. The molecule has 0 bridgehead atoms. The Bertz CT molecular complexity index is 1570. The Kier molecular flexibility index (Phi) is 6.37. The summed E-state index contributed by atoms with van der Waals surface area (Å²) in [5.74, 6) is 1.72. The fourth-order valence-corrected chi connectivity index (χ4v) is 10.9. The van der Waals surface area contributed by atoms with Gasteiger partial charge < -0.3 is 15.2 Å². The molecule has 7 aliphatic rings. The Morgan fingerprint density at radius 2 is 1.93 bits per heavy atom. The molecule has 1 saturated heterocycles. The Hall–Kier alpha value is -3.18. The van der Waals surface area contributed by atoms with Crippen LogP contribution in [0.25, 0.3) is 0 Å². The van der Waals surface area contributed by atoms with Crippen molar-refractivity contribution in [1.82, 2.24) is 0 Å². The molecule has 5 nitrogen and oxygen atoms in total. The van der Waals surface area contributed by atoms with E-state index in [-0.39, 0.29) is 29.2 Å². The zero-order chi connectivity index (χ0) is 30.3. The summed E-state index contributed by atoms with van der Waals surface area (Å²) < 4.78 is 13.3. The molecule has 2 heterocycles. The minimum absolute atomic E-state index is 0.121. The van der Waals surface area contributed by atoms with Crippen molar-refractivity contribution in [2.75, 3.05) is 6.54 Å². The van der Waals surface area contributed by atoms with Crippen LogP contribution >= 0.6 is 0 Å². The second kappa shape index (κ2) is 9.91. The molecule has 1 aromatic carbocycles. The van der Waals surface area contributed by atoms with Gasteiger partial charge >= 0.3 is 11.9 Å². The van der Waals surface area contributed by atoms with Gasteiger partial charge in [-0.3, -0.25) is 4.79 Å². The number of esters is 2. The third-order valence-electron chi connectivity index (χ3n) is 13.0. The molecule has 0 aromatic heterocycles. The molecule has 3 fully saturated rings. The number of carbonyl (C=O) groups excluding carboxylic acids is 2. The fraction of sp³-hybridized carbons (Fsp3) is 0.538. The van der Waals surface area contributed by atoms with Crippen LogP contribution in [0.2, 0.25) is 0 Å². The summed E-state index contributed by atoms with van der Waals surface area (Å²) in [5.41, 5.74) is 6.13. The van der Waals surface area contributed by atoms with E-state index in [1.54, 1.807) is 0 Å². The lowest BCUT2D eigenvalue weighted by atomic mass is 9.31. The molecule has 2 aliphatic heterocycles. The van der Waals surface area contributed by atoms with Crippen molar-refractivity contribution in [3.8, 4) is 0 Å². The van der Waals surface area contributed by atoms with Gasteiger partial charge in [0.25, 0.3) is 0 Å². The van der Waals surface area contributed by atoms with Crippen LogP contribution in [-0.4, -0.2) is 18.5 Å². The first kappa shape index (κ1) is 28.3. The Morgan fingerprint density at radius 1 is 1.09 bits per heavy atom. The number of carbonyl (C=O) groups is 2. The number of allylic oxidation sites excluding steroid dienone is 8. The third-order valence-corrected chi connectivity index (χ3v) is 13.0. The summed E-state index contributed by atoms with van der Waals surface area (Å²) in [6, 6.07) is 6.21. The molecule has 9 unspecified atom stereocenters. The number of nitrogens with two attached hydrogens (primary N) is 1. The van der Waals surface area contributed by atoms with E-state index in [0.29, 0.717) is 36.3 Å². The van der Waals surface area contributed by atoms with Crippen LogP contribution in [0.15, 0.2) is 78.6 Å². The van der Waals surface area contributed by atoms with Gasteiger partial charge in [-0.25, -0.2) is 4.79 Å². The van der Waals surface area contributed by atoms with Crippen molar-refractivity contribution >= 4 is 11.9 Å². The highest BCUT2D eigenvalue weighted by atomic mass is 16.6. The van der Waals surface area contributed by atoms with Crippen LogP contribution in [0, 0.1) is 45.8 Å². The molecule has 5 heteroatoms. The molecular formula is C39H45NO4. The van der Waals surface area contributed by atoms with Gasteiger partial charge in [-0.2, -0.15) is 0 Å². The number of rotatable bonds is 7. The van der Waals surface area contributed by atoms with E-state index in [9.17, 15) is 9.59 Å². The van der Waals surface area contributed by atoms with Crippen LogP contribution in [0.5, 0.6) is 0 Å². The Labute approximate surface area is 261 Å². The number of ether oxygens (including phenoxy) is 2. The molecule has 0 radical (unpaired) electrons. The Morgan fingerprint density at radius 3 is 2.75 bits per heavy atom. The van der Waals surface area contributed by atoms with E-state index >= 15 is 0 Å². The van der Waals surface area contributed by atoms with Gasteiger partial charge in [0.2, 0.25) is 0 Å². The summed E-state index contributed by atoms with van der Waals surface area (Å²) in [4.78, 5) is 28.4. The standard InChI is InChI=1S/C39H45NO4/c1-3-25(2)22-31-37-19-6-7-20-38(37,39(31)30-13-8-10-27(11-9-21-40)33(30)34(41)44-39)32(43-35(37)42)23-26-14-15-29-17-16-28-12-4-5-18-36(28,29)24-26/h4-6,8,10,12-15,18-19,23,25-26,28-29,31H,3,7,9,11,16-17,20-22,24,40H2,1-2H3. The van der Waals surface area contributed by atoms with E-state index in [2.05, 4.69) is 80.7 Å². The quantitative estimate of drug-likeness (QED) is 0.263. The largest absolute Gasteiger partial charge is 0.449 e. The maximum Gasteiger partial charge on any atom is 0.339 e. The predicted molar refractivity (Wildman–Crippen MR) is 170 cm³/mol. The van der Waals surface area contributed by atoms with E-state index in [1.165, 1.54) is 12.8 Å². The monoisotopic (exact) mass is 591 g/mol. The first-order valence-electron chi connectivity index (χ1n) is 17.1. The van der Waals surface area contributed by atoms with Crippen LogP contribution in [0.4, 0.5) is 0 Å². The lowest BCUT2D eigenvalue weighted by molar-refractivity contribution is -0.273. The number of hydrogen-bond acceptors (Lipinski definition) is 5. The minimum atomic E-state index is -0.938. The van der Waals surface area contributed by atoms with Gasteiger partial charge in [0, 0.05) is 16.9 Å². The van der Waals surface area contributed by atoms with Gasteiger partial charge in [-0.05, 0) is 93.2 Å². The van der Waals surface area contributed by atoms with Crippen molar-refractivity contribution in [2.24, 2.45) is 51.6 Å². The number of aryl methyl sites for hydroxylation is 1. The SMILES string of the molecule is CCC(C)CC1C23C=CCCC2(C(=CC2C=CC4CCC5C=CC=CC54C2)OC3=O)C12OC(=O)c1c(CCCN)cccc12. The number of cyclic esters (lactones) is 1. The van der Waals surface area contributed by atoms with Gasteiger partial charge in [-0.15, -0.1) is 0 Å². The highest BCUT2D eigenvalue weighted by molar-refractivity contribution is 5.99.